The van der Waals surface area contributed by atoms with Gasteiger partial charge >= 0.3 is 0 Å². The Hall–Kier alpha value is -0.510. The Morgan fingerprint density at radius 3 is 2.85 bits per heavy atom. The minimum Gasteiger partial charge on any atom is -0.379 e. The first kappa shape index (κ1) is 15.9. The van der Waals surface area contributed by atoms with Gasteiger partial charge in [-0.15, -0.1) is 11.3 Å². The molecule has 8 heteroatoms. The summed E-state index contributed by atoms with van der Waals surface area (Å²) in [5.41, 5.74) is 5.57. The number of hydrogen-bond donors (Lipinski definition) is 2. The molecule has 1 aliphatic rings. The minimum atomic E-state index is -3.49. The maximum absolute atomic E-state index is 12.3. The lowest BCUT2D eigenvalue weighted by Crippen LogP contribution is -2.46. The number of morpholine rings is 1. The molecule has 0 amide bonds. The van der Waals surface area contributed by atoms with Gasteiger partial charge < -0.3 is 10.5 Å². The van der Waals surface area contributed by atoms with Crippen LogP contribution in [0.4, 0.5) is 0 Å². The predicted octanol–water partition coefficient (Wildman–Crippen LogP) is 0.206. The number of thiophene rings is 1. The third kappa shape index (κ3) is 4.00. The van der Waals surface area contributed by atoms with Crippen LogP contribution < -0.4 is 10.5 Å². The van der Waals surface area contributed by atoms with Crippen LogP contribution in [0, 0.1) is 0 Å². The van der Waals surface area contributed by atoms with E-state index in [2.05, 4.69) is 9.62 Å². The Labute approximate surface area is 124 Å². The number of nitrogens with two attached hydrogens (primary N) is 1. The monoisotopic (exact) mass is 319 g/mol. The third-order valence-corrected chi connectivity index (χ3v) is 5.92. The molecule has 1 saturated heterocycles. The molecule has 1 unspecified atom stereocenters. The molecule has 2 heterocycles. The quantitative estimate of drug-likeness (QED) is 0.783. The standard InChI is InChI=1S/C12H21N3O3S2/c1-10(9-15-3-5-18-6-4-15)14-20(16,17)12-2-7-19-11(12)8-13/h2,7,10,14H,3-6,8-9,13H2,1H3. The average Bonchev–Trinajstić information content (AvgIpc) is 2.88. The van der Waals surface area contributed by atoms with E-state index >= 15 is 0 Å². The van der Waals surface area contributed by atoms with E-state index in [-0.39, 0.29) is 12.6 Å². The largest absolute Gasteiger partial charge is 0.379 e. The van der Waals surface area contributed by atoms with E-state index in [0.717, 1.165) is 13.1 Å². The third-order valence-electron chi connectivity index (χ3n) is 3.17. The van der Waals surface area contributed by atoms with Crippen LogP contribution in [0.15, 0.2) is 16.3 Å². The van der Waals surface area contributed by atoms with Crippen LogP contribution in [0.2, 0.25) is 0 Å². The lowest BCUT2D eigenvalue weighted by Gasteiger charge is -2.29. The highest BCUT2D eigenvalue weighted by Crippen LogP contribution is 2.21. The van der Waals surface area contributed by atoms with Crippen molar-refractivity contribution in [2.24, 2.45) is 5.73 Å². The Balaban J connectivity index is 1.97. The van der Waals surface area contributed by atoms with Gasteiger partial charge in [-0.25, -0.2) is 13.1 Å². The van der Waals surface area contributed by atoms with Crippen molar-refractivity contribution in [1.29, 1.82) is 0 Å². The van der Waals surface area contributed by atoms with Crippen molar-refractivity contribution in [1.82, 2.24) is 9.62 Å². The summed E-state index contributed by atoms with van der Waals surface area (Å²) in [6.45, 7) is 5.91. The van der Waals surface area contributed by atoms with Gasteiger partial charge in [0.1, 0.15) is 0 Å². The Bertz CT molecular complexity index is 524. The molecule has 0 radical (unpaired) electrons. The molecule has 0 spiro atoms. The van der Waals surface area contributed by atoms with Crippen molar-refractivity contribution in [3.8, 4) is 0 Å². The van der Waals surface area contributed by atoms with Gasteiger partial charge in [-0.1, -0.05) is 0 Å². The molecule has 0 bridgehead atoms. The van der Waals surface area contributed by atoms with Crippen molar-refractivity contribution in [3.05, 3.63) is 16.3 Å². The molecule has 1 fully saturated rings. The lowest BCUT2D eigenvalue weighted by molar-refractivity contribution is 0.0354. The molecule has 1 aliphatic heterocycles. The zero-order valence-electron chi connectivity index (χ0n) is 11.5. The zero-order valence-corrected chi connectivity index (χ0v) is 13.2. The fraction of sp³-hybridized carbons (Fsp3) is 0.667. The molecule has 6 nitrogen and oxygen atoms in total. The van der Waals surface area contributed by atoms with Gasteiger partial charge in [0.25, 0.3) is 0 Å². The number of rotatable bonds is 6. The molecule has 114 valence electrons. The van der Waals surface area contributed by atoms with Crippen molar-refractivity contribution in [3.63, 3.8) is 0 Å². The summed E-state index contributed by atoms with van der Waals surface area (Å²) in [7, 11) is -3.49. The molecule has 20 heavy (non-hydrogen) atoms. The summed E-state index contributed by atoms with van der Waals surface area (Å²) in [5.74, 6) is 0. The highest BCUT2D eigenvalue weighted by Gasteiger charge is 2.23. The number of nitrogens with zero attached hydrogens (tertiary/aromatic N) is 1. The van der Waals surface area contributed by atoms with Gasteiger partial charge in [0.05, 0.1) is 18.1 Å². The van der Waals surface area contributed by atoms with E-state index in [9.17, 15) is 8.42 Å². The van der Waals surface area contributed by atoms with Gasteiger partial charge in [-0.3, -0.25) is 4.90 Å². The second kappa shape index (κ2) is 6.97. The first-order valence-electron chi connectivity index (χ1n) is 6.62. The Morgan fingerprint density at radius 1 is 1.50 bits per heavy atom. The molecule has 0 aromatic carbocycles. The smallest absolute Gasteiger partial charge is 0.242 e. The summed E-state index contributed by atoms with van der Waals surface area (Å²) < 4.78 is 32.6. The molecule has 1 aromatic rings. The fourth-order valence-corrected chi connectivity index (χ4v) is 4.82. The molecular formula is C12H21N3O3S2. The molecule has 1 atom stereocenters. The molecular weight excluding hydrogens is 298 g/mol. The van der Waals surface area contributed by atoms with Gasteiger partial charge in [0.2, 0.25) is 10.0 Å². The first-order valence-corrected chi connectivity index (χ1v) is 8.98. The van der Waals surface area contributed by atoms with Crippen LogP contribution in [0.25, 0.3) is 0 Å². The molecule has 2 rings (SSSR count). The maximum atomic E-state index is 12.3. The second-order valence-corrected chi connectivity index (χ2v) is 7.53. The van der Waals surface area contributed by atoms with Crippen molar-refractivity contribution in [2.45, 2.75) is 24.4 Å². The van der Waals surface area contributed by atoms with Gasteiger partial charge in [0, 0.05) is 37.1 Å². The number of sulfonamides is 1. The topological polar surface area (TPSA) is 84.7 Å². The number of ether oxygens (including phenoxy) is 1. The normalized spacial score (nSPS) is 19.1. The van der Waals surface area contributed by atoms with E-state index in [0.29, 0.717) is 29.5 Å². The van der Waals surface area contributed by atoms with Crippen molar-refractivity contribution >= 4 is 21.4 Å². The Morgan fingerprint density at radius 2 is 2.20 bits per heavy atom. The fourth-order valence-electron chi connectivity index (χ4n) is 2.25. The van der Waals surface area contributed by atoms with Gasteiger partial charge in [-0.2, -0.15) is 0 Å². The van der Waals surface area contributed by atoms with Crippen molar-refractivity contribution in [2.75, 3.05) is 32.8 Å². The summed E-state index contributed by atoms with van der Waals surface area (Å²) in [4.78, 5) is 3.20. The molecule has 1 aromatic heterocycles. The zero-order chi connectivity index (χ0) is 14.6. The lowest BCUT2D eigenvalue weighted by atomic mass is 10.3. The van der Waals surface area contributed by atoms with Crippen LogP contribution in [0.5, 0.6) is 0 Å². The number of hydrogen-bond acceptors (Lipinski definition) is 6. The summed E-state index contributed by atoms with van der Waals surface area (Å²) >= 11 is 1.37. The summed E-state index contributed by atoms with van der Waals surface area (Å²) in [5, 5.41) is 1.75. The van der Waals surface area contributed by atoms with E-state index in [1.54, 1.807) is 11.4 Å². The van der Waals surface area contributed by atoms with Crippen LogP contribution in [-0.4, -0.2) is 52.2 Å². The Kier molecular flexibility index (Phi) is 5.53. The van der Waals surface area contributed by atoms with E-state index in [4.69, 9.17) is 10.5 Å². The first-order chi connectivity index (χ1) is 9.53. The van der Waals surface area contributed by atoms with Crippen molar-refractivity contribution < 1.29 is 13.2 Å². The highest BCUT2D eigenvalue weighted by atomic mass is 32.2. The van der Waals surface area contributed by atoms with Gasteiger partial charge in [0.15, 0.2) is 0 Å². The predicted molar refractivity (Wildman–Crippen MR) is 79.3 cm³/mol. The summed E-state index contributed by atoms with van der Waals surface area (Å²) in [6.07, 6.45) is 0. The van der Waals surface area contributed by atoms with E-state index in [1.807, 2.05) is 6.92 Å². The van der Waals surface area contributed by atoms with Gasteiger partial charge in [-0.05, 0) is 18.4 Å². The second-order valence-electron chi connectivity index (χ2n) is 4.85. The SMILES string of the molecule is CC(CN1CCOCC1)NS(=O)(=O)c1ccsc1CN. The molecule has 0 saturated carbocycles. The highest BCUT2D eigenvalue weighted by molar-refractivity contribution is 7.89. The van der Waals surface area contributed by atoms with E-state index < -0.39 is 10.0 Å². The minimum absolute atomic E-state index is 0.149. The maximum Gasteiger partial charge on any atom is 0.242 e. The van der Waals surface area contributed by atoms with Crippen LogP contribution in [-0.2, 0) is 21.3 Å². The number of nitrogens with one attached hydrogen (secondary N) is 1. The van der Waals surface area contributed by atoms with Crippen LogP contribution in [0.3, 0.4) is 0 Å². The average molecular weight is 319 g/mol. The van der Waals surface area contributed by atoms with E-state index in [1.165, 1.54) is 11.3 Å². The molecule has 3 N–H and O–H groups in total. The van der Waals surface area contributed by atoms with Crippen LogP contribution in [0.1, 0.15) is 11.8 Å². The van der Waals surface area contributed by atoms with Crippen LogP contribution >= 0.6 is 11.3 Å². The molecule has 0 aliphatic carbocycles. The summed E-state index contributed by atoms with van der Waals surface area (Å²) in [6, 6.07) is 1.46.